The molecule has 2 aliphatic carbocycles. The largest absolute Gasteiger partial charge is 0.460 e. The molecular weight excluding hydrogens is 1130 g/mol. The molecule has 3 aromatic rings. The zero-order valence-electron chi connectivity index (χ0n) is 46.7. The molecule has 0 aromatic heterocycles. The summed E-state index contributed by atoms with van der Waals surface area (Å²) in [6.07, 6.45) is 2.57. The van der Waals surface area contributed by atoms with Gasteiger partial charge in [-0.05, 0) is 113 Å². The number of rotatable bonds is 28. The number of carbonyl (C=O) groups is 8. The van der Waals surface area contributed by atoms with Crippen LogP contribution >= 0.6 is 23.5 Å². The number of hydrogen-bond acceptors (Lipinski definition) is 22. The summed E-state index contributed by atoms with van der Waals surface area (Å²) >= 11 is 2.12. The normalized spacial score (nSPS) is 16.8. The summed E-state index contributed by atoms with van der Waals surface area (Å²) in [5, 5.41) is 24.5. The number of nitriles is 2. The average molecular weight is 1200 g/mol. The van der Waals surface area contributed by atoms with E-state index in [0.717, 1.165) is 34.7 Å². The number of benzene rings is 3. The van der Waals surface area contributed by atoms with E-state index in [1.165, 1.54) is 12.1 Å². The van der Waals surface area contributed by atoms with Crippen molar-refractivity contribution in [3.05, 3.63) is 106 Å². The number of nitrogens with one attached hydrogen (secondary N) is 2. The second-order valence-electron chi connectivity index (χ2n) is 19.6. The predicted octanol–water partition coefficient (Wildman–Crippen LogP) is 8.59. The van der Waals surface area contributed by atoms with Gasteiger partial charge in [0.2, 0.25) is 0 Å². The fourth-order valence-electron chi connectivity index (χ4n) is 8.58. The van der Waals surface area contributed by atoms with Gasteiger partial charge in [-0.1, -0.05) is 60.9 Å². The number of carbonyl (C=O) groups excluding carboxylic acids is 8. The summed E-state index contributed by atoms with van der Waals surface area (Å²) in [6, 6.07) is 20.5. The highest BCUT2D eigenvalue weighted by molar-refractivity contribution is 8.24. The Hall–Kier alpha value is -8.16. The minimum Gasteiger partial charge on any atom is -0.460 e. The molecule has 2 fully saturated rings. The number of nitrogens with zero attached hydrogens (tertiary/aromatic N) is 2. The highest BCUT2D eigenvalue weighted by Gasteiger charge is 2.37. The molecule has 0 spiro atoms. The maximum absolute atomic E-state index is 13.6. The number of alkyl carbamates (subject to hydrolysis) is 2. The summed E-state index contributed by atoms with van der Waals surface area (Å²) in [4.78, 5) is 101. The average Bonchev–Trinajstić information content (AvgIpc) is 4.18. The first kappa shape index (κ1) is 65.0. The van der Waals surface area contributed by atoms with Crippen LogP contribution < -0.4 is 29.6 Å². The molecular formula is C60H66N4O18S2. The zero-order valence-corrected chi connectivity index (χ0v) is 48.3. The number of esters is 6. The highest BCUT2D eigenvalue weighted by Crippen LogP contribution is 2.59. The van der Waals surface area contributed by atoms with Gasteiger partial charge in [-0.3, -0.25) is 19.2 Å². The van der Waals surface area contributed by atoms with Crippen LogP contribution in [0.2, 0.25) is 0 Å². The smallest absolute Gasteiger partial charge is 0.407 e. The Kier molecular flexibility index (Phi) is 26.2. The molecule has 2 saturated carbocycles. The third-order valence-corrected chi connectivity index (χ3v) is 15.9. The Morgan fingerprint density at radius 2 is 0.821 bits per heavy atom. The van der Waals surface area contributed by atoms with E-state index in [1.807, 2.05) is 12.1 Å². The molecule has 3 aliphatic rings. The highest BCUT2D eigenvalue weighted by atomic mass is 32.2. The van der Waals surface area contributed by atoms with Crippen LogP contribution in [0.4, 0.5) is 9.59 Å². The van der Waals surface area contributed by atoms with Gasteiger partial charge >= 0.3 is 48.0 Å². The summed E-state index contributed by atoms with van der Waals surface area (Å²) in [5.41, 5.74) is 2.13. The maximum atomic E-state index is 13.6. The standard InChI is InChI=1S/C60H66N4O18S2/c1-37(2)52(65)75-33-31-73-29-25-63-59(71)77-27-23-39-5-17-46(18-6-39)79-54(67)41-9-13-43(14-10-41)56(69)81-48-21-22-49(51-50(48)83-58(84-51)45(35-61)36-62)82-57(70)44-15-11-42(12-16-44)55(68)80-47-19-7-40(8-20-47)24-28-78-60(72)64-26-30-74-32-34-76-53(66)38(3)4/h5-8,17-22,41-44H,1,3,9-16,23-34H2,2,4H3,(H,63,71)(H,64,72). The van der Waals surface area contributed by atoms with Gasteiger partial charge in [0.05, 0.1) is 77.3 Å². The van der Waals surface area contributed by atoms with Crippen LogP contribution in [-0.2, 0) is 70.0 Å². The summed E-state index contributed by atoms with van der Waals surface area (Å²) in [5.74, 6) is -3.82. The van der Waals surface area contributed by atoms with E-state index in [9.17, 15) is 48.9 Å². The maximum Gasteiger partial charge on any atom is 0.407 e. The second kappa shape index (κ2) is 33.8. The summed E-state index contributed by atoms with van der Waals surface area (Å²) < 4.78 is 54.5. The quantitative estimate of drug-likeness (QED) is 0.0172. The number of fused-ring (bicyclic) bond motifs is 1. The molecule has 0 atom stereocenters. The van der Waals surface area contributed by atoms with Crippen LogP contribution in [0, 0.1) is 46.3 Å². The Morgan fingerprint density at radius 1 is 0.476 bits per heavy atom. The lowest BCUT2D eigenvalue weighted by molar-refractivity contribution is -0.145. The molecule has 0 radical (unpaired) electrons. The van der Waals surface area contributed by atoms with Crippen LogP contribution in [0.25, 0.3) is 0 Å². The predicted molar refractivity (Wildman–Crippen MR) is 302 cm³/mol. The number of thioether (sulfide) groups is 2. The summed E-state index contributed by atoms with van der Waals surface area (Å²) in [6.45, 7) is 11.6. The van der Waals surface area contributed by atoms with Crippen LogP contribution in [-0.4, -0.2) is 114 Å². The molecule has 22 nitrogen and oxygen atoms in total. The van der Waals surface area contributed by atoms with Crippen LogP contribution in [0.5, 0.6) is 23.0 Å². The lowest BCUT2D eigenvalue weighted by atomic mass is 9.82. The lowest BCUT2D eigenvalue weighted by Crippen LogP contribution is -2.30. The number of allylic oxidation sites excluding steroid dienone is 1. The molecule has 84 heavy (non-hydrogen) atoms. The Labute approximate surface area is 494 Å². The van der Waals surface area contributed by atoms with Crippen molar-refractivity contribution in [3.8, 4) is 35.1 Å². The SMILES string of the molecule is C=C(C)C(=O)OCCOCCNC(=O)OCCc1ccc(OC(=O)C2CCC(C(=O)Oc3ccc(OC(=O)C4CCC(C(=O)Oc5ccc(CCOC(=O)NCCOCCOC(=O)C(=C)C)cc5)CC4)c4c3SC(=C(C#N)C#N)S4)CC2)cc1. The number of ether oxygens (including phenoxy) is 10. The van der Waals surface area contributed by atoms with Crippen LogP contribution in [0.1, 0.15) is 76.3 Å². The first-order valence-corrected chi connectivity index (χ1v) is 28.9. The van der Waals surface area contributed by atoms with E-state index < -0.39 is 71.7 Å². The van der Waals surface area contributed by atoms with Gasteiger partial charge in [0.15, 0.2) is 0 Å². The minimum absolute atomic E-state index is 0.0736. The fourth-order valence-corrected chi connectivity index (χ4v) is 11.1. The van der Waals surface area contributed by atoms with E-state index in [0.29, 0.717) is 101 Å². The lowest BCUT2D eigenvalue weighted by Gasteiger charge is -2.26. The minimum atomic E-state index is -0.611. The monoisotopic (exact) mass is 1190 g/mol. The van der Waals surface area contributed by atoms with E-state index in [1.54, 1.807) is 62.4 Å². The molecule has 2 N–H and O–H groups in total. The molecule has 0 bridgehead atoms. The first-order valence-electron chi connectivity index (χ1n) is 27.3. The molecule has 6 rings (SSSR count). The molecule has 2 amide bonds. The van der Waals surface area contributed by atoms with Gasteiger partial charge in [0.1, 0.15) is 53.9 Å². The van der Waals surface area contributed by atoms with Crippen molar-refractivity contribution in [2.75, 3.05) is 65.9 Å². The van der Waals surface area contributed by atoms with Crippen LogP contribution in [0.15, 0.2) is 105 Å². The second-order valence-corrected chi connectivity index (χ2v) is 21.9. The van der Waals surface area contributed by atoms with E-state index in [-0.39, 0.29) is 83.0 Å². The molecule has 24 heteroatoms. The Balaban J connectivity index is 0.888. The molecule has 0 saturated heterocycles. The third kappa shape index (κ3) is 20.9. The Bertz CT molecular complexity index is 2790. The summed E-state index contributed by atoms with van der Waals surface area (Å²) in [7, 11) is 0. The van der Waals surface area contributed by atoms with E-state index in [2.05, 4.69) is 23.8 Å². The number of hydrogen-bond donors (Lipinski definition) is 2. The van der Waals surface area contributed by atoms with Gasteiger partial charge in [-0.15, -0.1) is 0 Å². The first-order chi connectivity index (χ1) is 40.5. The van der Waals surface area contributed by atoms with Gasteiger partial charge in [-0.2, -0.15) is 10.5 Å². The topological polar surface area (TPSA) is 300 Å². The van der Waals surface area contributed by atoms with Crippen molar-refractivity contribution in [3.63, 3.8) is 0 Å². The molecule has 446 valence electrons. The van der Waals surface area contributed by atoms with Crippen molar-refractivity contribution in [1.29, 1.82) is 10.5 Å². The Morgan fingerprint density at radius 3 is 1.15 bits per heavy atom. The van der Waals surface area contributed by atoms with E-state index in [4.69, 9.17) is 47.4 Å². The molecule has 0 unspecified atom stereocenters. The molecule has 1 heterocycles. The van der Waals surface area contributed by atoms with Gasteiger partial charge in [0.25, 0.3) is 0 Å². The van der Waals surface area contributed by atoms with Crippen LogP contribution in [0.3, 0.4) is 0 Å². The van der Waals surface area contributed by atoms with Crippen molar-refractivity contribution < 1.29 is 85.7 Å². The number of amides is 2. The molecule has 1 aliphatic heterocycles. The van der Waals surface area contributed by atoms with Gasteiger partial charge in [0, 0.05) is 37.1 Å². The van der Waals surface area contributed by atoms with Crippen molar-refractivity contribution in [1.82, 2.24) is 10.6 Å². The zero-order chi connectivity index (χ0) is 60.4. The van der Waals surface area contributed by atoms with E-state index >= 15 is 0 Å². The molecule has 3 aromatic carbocycles. The van der Waals surface area contributed by atoms with Crippen molar-refractivity contribution in [2.45, 2.75) is 87.8 Å². The van der Waals surface area contributed by atoms with Gasteiger partial charge < -0.3 is 58.0 Å². The fraction of sp³-hybridized carbons (Fsp3) is 0.433. The van der Waals surface area contributed by atoms with Crippen molar-refractivity contribution >= 4 is 71.5 Å². The van der Waals surface area contributed by atoms with Gasteiger partial charge in [-0.25, -0.2) is 19.2 Å². The van der Waals surface area contributed by atoms with Crippen molar-refractivity contribution in [2.24, 2.45) is 23.7 Å². The third-order valence-electron chi connectivity index (χ3n) is 13.2.